The smallest absolute Gasteiger partial charge is 0.335 e. The summed E-state index contributed by atoms with van der Waals surface area (Å²) in [5, 5.41) is 145. The number of aliphatic carboxylic acids is 1. The third-order valence-corrected chi connectivity index (χ3v) is 22.2. The maximum Gasteiger partial charge on any atom is 0.335 e. The van der Waals surface area contributed by atoms with Crippen molar-refractivity contribution in [1.29, 1.82) is 0 Å². The number of esters is 2. The summed E-state index contributed by atoms with van der Waals surface area (Å²) in [5.74, 6) is -4.18. The summed E-state index contributed by atoms with van der Waals surface area (Å²) in [6.45, 7) is 14.1. The lowest BCUT2D eigenvalue weighted by Crippen LogP contribution is -2.72. The molecule has 0 spiro atoms. The summed E-state index contributed by atoms with van der Waals surface area (Å²) in [7, 11) is 0. The molecular weight excluding hydrogens is 1140 g/mol. The second kappa shape index (κ2) is 24.8. The predicted octanol–water partition coefficient (Wildman–Crippen LogP) is -2.01. The number of carboxylic acid groups (broad SMARTS) is 1. The summed E-state index contributed by atoms with van der Waals surface area (Å²) >= 11 is 0. The van der Waals surface area contributed by atoms with Crippen molar-refractivity contribution in [3.63, 3.8) is 0 Å². The third-order valence-electron chi connectivity index (χ3n) is 22.2. The Morgan fingerprint density at radius 2 is 1.31 bits per heavy atom. The number of carboxylic acids is 1. The minimum Gasteiger partial charge on any atom is -0.479 e. The molecule has 9 rings (SSSR count). The number of ether oxygens (including phenoxy) is 10. The van der Waals surface area contributed by atoms with E-state index >= 15 is 0 Å². The average Bonchev–Trinajstić information content (AvgIpc) is 0.771. The van der Waals surface area contributed by atoms with Gasteiger partial charge in [-0.3, -0.25) is 4.79 Å². The highest BCUT2D eigenvalue weighted by atomic mass is 16.8. The predicted molar refractivity (Wildman–Crippen MR) is 289 cm³/mol. The molecule has 0 aromatic carbocycles. The Balaban J connectivity index is 1.05. The molecule has 0 aromatic rings. The van der Waals surface area contributed by atoms with Crippen LogP contribution in [0.25, 0.3) is 0 Å². The van der Waals surface area contributed by atoms with Crippen LogP contribution < -0.4 is 0 Å². The Bertz CT molecular complexity index is 2550. The van der Waals surface area contributed by atoms with E-state index in [1.165, 1.54) is 6.92 Å². The van der Waals surface area contributed by atoms with Crippen molar-refractivity contribution in [2.45, 2.75) is 242 Å². The lowest BCUT2D eigenvalue weighted by molar-refractivity contribution is -0.398. The minimum absolute atomic E-state index is 0.112. The van der Waals surface area contributed by atoms with Gasteiger partial charge in [0.25, 0.3) is 0 Å². The van der Waals surface area contributed by atoms with Gasteiger partial charge < -0.3 is 119 Å². The van der Waals surface area contributed by atoms with E-state index in [2.05, 4.69) is 26.8 Å². The molecule has 30 unspecified atom stereocenters. The molecule has 8 fully saturated rings. The standard InChI is InChI=1S/C59H90O27/c1-10-24(2)49(76)86-47-46(73)59(23-79-25(3)62)27(17-54(47,4)5)26-11-12-32-55(6)15-14-34(56(7,22-61)31(55)13-16-57(32,8)58(26,9)18-33(59)65)81-53-45(85-51-40(71)38(69)37(68)30(19-60)80-51)42(41(72)43(83-53)48(74)75)82-52-44(36(67)29(64)21-78-52)84-50-39(70)35(66)28(63)20-77-50/h10-11,22,27-47,50-53,60,63-73H,12-21,23H2,1-9H3,(H,74,75). The summed E-state index contributed by atoms with van der Waals surface area (Å²) < 4.78 is 60.0. The highest BCUT2D eigenvalue weighted by Crippen LogP contribution is 2.76. The molecule has 9 aliphatic rings. The van der Waals surface area contributed by atoms with Gasteiger partial charge in [-0.15, -0.1) is 0 Å². The van der Waals surface area contributed by atoms with Crippen molar-refractivity contribution in [2.24, 2.45) is 50.2 Å². The SMILES string of the molecule is CC=C(C)C(=O)OC1C(O)C2(COC(C)=O)C(O)CC3(C)C(=CCC4C5(C)CCC(OC6OC(C(=O)O)C(O)C(OC7OCC(O)C(O)C7OC7OCC(O)C(O)C7O)C6OC6OC(CO)C(O)C(O)C6O)C(C)(C=O)C5CCC43C)C2CC1(C)C. The van der Waals surface area contributed by atoms with Crippen molar-refractivity contribution in [3.05, 3.63) is 23.3 Å². The van der Waals surface area contributed by atoms with E-state index in [4.69, 9.17) is 47.4 Å². The fourth-order valence-electron chi connectivity index (χ4n) is 16.9. The second-order valence-corrected chi connectivity index (χ2v) is 27.3. The summed E-state index contributed by atoms with van der Waals surface area (Å²) in [4.78, 5) is 53.3. The molecular formula is C59H90O27. The molecule has 0 aromatic heterocycles. The highest BCUT2D eigenvalue weighted by Gasteiger charge is 2.74. The molecule has 27 heteroatoms. The molecule has 4 aliphatic heterocycles. The minimum atomic E-state index is -2.28. The maximum atomic E-state index is 14.2. The van der Waals surface area contributed by atoms with Gasteiger partial charge in [-0.1, -0.05) is 59.3 Å². The van der Waals surface area contributed by atoms with Crippen LogP contribution in [-0.2, 0) is 66.5 Å². The van der Waals surface area contributed by atoms with E-state index in [1.807, 2.05) is 13.8 Å². The molecule has 4 saturated carbocycles. The Hall–Kier alpha value is -3.24. The number of hydrogen-bond donors (Lipinski definition) is 13. The van der Waals surface area contributed by atoms with Crippen LogP contribution in [0.4, 0.5) is 0 Å². The van der Waals surface area contributed by atoms with Crippen molar-refractivity contribution in [3.8, 4) is 0 Å². The number of aliphatic hydroxyl groups excluding tert-OH is 12. The zero-order valence-electron chi connectivity index (χ0n) is 50.0. The van der Waals surface area contributed by atoms with Gasteiger partial charge in [0.2, 0.25) is 0 Å². The number of aliphatic hydroxyl groups is 12. The van der Waals surface area contributed by atoms with Crippen LogP contribution in [0.5, 0.6) is 0 Å². The molecule has 5 aliphatic carbocycles. The van der Waals surface area contributed by atoms with Crippen molar-refractivity contribution >= 4 is 24.2 Å². The van der Waals surface area contributed by atoms with E-state index in [0.29, 0.717) is 37.7 Å². The van der Waals surface area contributed by atoms with Crippen LogP contribution in [-0.4, -0.2) is 252 Å². The molecule has 0 radical (unpaired) electrons. The van der Waals surface area contributed by atoms with Crippen molar-refractivity contribution in [1.82, 2.24) is 0 Å². The normalized spacial score (nSPS) is 51.1. The van der Waals surface area contributed by atoms with Gasteiger partial charge in [-0.05, 0) is 92.8 Å². The van der Waals surface area contributed by atoms with E-state index in [9.17, 15) is 85.6 Å². The summed E-state index contributed by atoms with van der Waals surface area (Å²) in [6, 6.07) is 0. The monoisotopic (exact) mass is 1230 g/mol. The first-order valence-corrected chi connectivity index (χ1v) is 29.8. The third kappa shape index (κ3) is 11.0. The first-order valence-electron chi connectivity index (χ1n) is 29.8. The van der Waals surface area contributed by atoms with E-state index in [-0.39, 0.29) is 25.4 Å². The van der Waals surface area contributed by atoms with Gasteiger partial charge in [0.05, 0.1) is 42.9 Å². The summed E-state index contributed by atoms with van der Waals surface area (Å²) in [5.41, 5.74) is -4.42. The first-order chi connectivity index (χ1) is 40.2. The zero-order chi connectivity index (χ0) is 63.3. The van der Waals surface area contributed by atoms with Crippen LogP contribution in [0.3, 0.4) is 0 Å². The molecule has 488 valence electrons. The van der Waals surface area contributed by atoms with Gasteiger partial charge in [0, 0.05) is 17.9 Å². The van der Waals surface area contributed by atoms with Crippen molar-refractivity contribution in [2.75, 3.05) is 26.4 Å². The Morgan fingerprint density at radius 3 is 1.94 bits per heavy atom. The van der Waals surface area contributed by atoms with Crippen LogP contribution in [0.15, 0.2) is 23.3 Å². The lowest BCUT2D eigenvalue weighted by atomic mass is 9.33. The number of hydrogen-bond acceptors (Lipinski definition) is 26. The molecule has 4 saturated heterocycles. The van der Waals surface area contributed by atoms with Gasteiger partial charge >= 0.3 is 17.9 Å². The molecule has 13 N–H and O–H groups in total. The van der Waals surface area contributed by atoms with Gasteiger partial charge in [0.1, 0.15) is 104 Å². The average molecular weight is 1230 g/mol. The van der Waals surface area contributed by atoms with Crippen LogP contribution >= 0.6 is 0 Å². The zero-order valence-corrected chi connectivity index (χ0v) is 50.0. The van der Waals surface area contributed by atoms with Gasteiger partial charge in [0.15, 0.2) is 31.3 Å². The Kier molecular flexibility index (Phi) is 19.3. The van der Waals surface area contributed by atoms with E-state index in [0.717, 1.165) is 11.9 Å². The number of allylic oxidation sites excluding steroid dienone is 3. The molecule has 27 nitrogen and oxygen atoms in total. The Morgan fingerprint density at radius 1 is 0.686 bits per heavy atom. The van der Waals surface area contributed by atoms with Crippen LogP contribution in [0, 0.1) is 50.2 Å². The summed E-state index contributed by atoms with van der Waals surface area (Å²) in [6.07, 6.45) is -32.7. The maximum absolute atomic E-state index is 14.2. The molecule has 4 heterocycles. The number of carbonyl (C=O) groups excluding carboxylic acids is 3. The van der Waals surface area contributed by atoms with Crippen LogP contribution in [0.2, 0.25) is 0 Å². The van der Waals surface area contributed by atoms with Gasteiger partial charge in [-0.2, -0.15) is 0 Å². The molecule has 0 amide bonds. The highest BCUT2D eigenvalue weighted by molar-refractivity contribution is 5.87. The van der Waals surface area contributed by atoms with E-state index in [1.54, 1.807) is 26.8 Å². The fourth-order valence-corrected chi connectivity index (χ4v) is 16.9. The topological polar surface area (TPSA) is 424 Å². The molecule has 30 atom stereocenters. The largest absolute Gasteiger partial charge is 0.479 e. The lowest BCUT2D eigenvalue weighted by Gasteiger charge is -2.72. The van der Waals surface area contributed by atoms with Crippen molar-refractivity contribution < 1.29 is 133 Å². The number of rotatable bonds is 15. The Labute approximate surface area is 498 Å². The van der Waals surface area contributed by atoms with E-state index < -0.39 is 217 Å². The molecule has 86 heavy (non-hydrogen) atoms. The van der Waals surface area contributed by atoms with Crippen LogP contribution in [0.1, 0.15) is 107 Å². The fraction of sp³-hybridized carbons (Fsp3) is 0.864. The number of fused-ring (bicyclic) bond motifs is 7. The van der Waals surface area contributed by atoms with Gasteiger partial charge in [-0.25, -0.2) is 9.59 Å². The second-order valence-electron chi connectivity index (χ2n) is 27.3. The first kappa shape index (κ1) is 67.2. The number of carbonyl (C=O) groups is 4. The molecule has 0 bridgehead atoms. The quantitative estimate of drug-likeness (QED) is 0.0277. The number of aldehydes is 1.